The molecular formula is C14H8F2N4O4. The molecule has 0 atom stereocenters. The number of aromatic amines is 1. The fourth-order valence-electron chi connectivity index (χ4n) is 1.95. The van der Waals surface area contributed by atoms with Crippen LogP contribution < -0.4 is 15.6 Å². The summed E-state index contributed by atoms with van der Waals surface area (Å²) in [5.74, 6) is -3.23. The van der Waals surface area contributed by atoms with Crippen LogP contribution in [0.3, 0.4) is 0 Å². The van der Waals surface area contributed by atoms with E-state index < -0.39 is 34.7 Å². The van der Waals surface area contributed by atoms with Crippen LogP contribution in [-0.2, 0) is 0 Å². The van der Waals surface area contributed by atoms with E-state index in [4.69, 9.17) is 9.84 Å². The molecule has 0 radical (unpaired) electrons. The van der Waals surface area contributed by atoms with E-state index >= 15 is 0 Å². The fourth-order valence-corrected chi connectivity index (χ4v) is 1.95. The molecule has 0 bridgehead atoms. The molecule has 0 unspecified atom stereocenters. The van der Waals surface area contributed by atoms with Gasteiger partial charge in [-0.05, 0) is 12.1 Å². The lowest BCUT2D eigenvalue weighted by atomic mass is 10.2. The van der Waals surface area contributed by atoms with Gasteiger partial charge < -0.3 is 14.8 Å². The normalized spacial score (nSPS) is 10.6. The maximum absolute atomic E-state index is 14.0. The Labute approximate surface area is 131 Å². The van der Waals surface area contributed by atoms with Gasteiger partial charge in [-0.25, -0.2) is 19.2 Å². The largest absolute Gasteiger partial charge is 0.465 e. The van der Waals surface area contributed by atoms with Gasteiger partial charge in [0.15, 0.2) is 23.0 Å². The molecule has 0 saturated heterocycles. The minimum absolute atomic E-state index is 0.0356. The topological polar surface area (TPSA) is 117 Å². The molecule has 0 saturated carbocycles. The zero-order chi connectivity index (χ0) is 17.3. The van der Waals surface area contributed by atoms with Gasteiger partial charge in [-0.2, -0.15) is 4.39 Å². The highest BCUT2D eigenvalue weighted by atomic mass is 19.2. The van der Waals surface area contributed by atoms with Gasteiger partial charge in [0.2, 0.25) is 5.82 Å². The van der Waals surface area contributed by atoms with Crippen molar-refractivity contribution in [3.8, 4) is 11.5 Å². The number of anilines is 1. The second-order valence-electron chi connectivity index (χ2n) is 4.53. The zero-order valence-electron chi connectivity index (χ0n) is 11.7. The zero-order valence-corrected chi connectivity index (χ0v) is 11.7. The number of benzene rings is 1. The molecule has 3 N–H and O–H groups in total. The van der Waals surface area contributed by atoms with Crippen molar-refractivity contribution in [2.75, 3.05) is 5.32 Å². The number of carboxylic acid groups (broad SMARTS) is 1. The van der Waals surface area contributed by atoms with E-state index in [-0.39, 0.29) is 16.9 Å². The van der Waals surface area contributed by atoms with Crippen molar-refractivity contribution in [1.29, 1.82) is 0 Å². The molecule has 0 spiro atoms. The molecule has 2 heterocycles. The lowest BCUT2D eigenvalue weighted by molar-refractivity contribution is 0.209. The van der Waals surface area contributed by atoms with Gasteiger partial charge in [0.25, 0.3) is 5.56 Å². The van der Waals surface area contributed by atoms with Crippen LogP contribution in [0.5, 0.6) is 11.5 Å². The molecule has 122 valence electrons. The third kappa shape index (κ3) is 2.84. The number of carbonyl (C=O) groups is 1. The summed E-state index contributed by atoms with van der Waals surface area (Å²) in [4.78, 5) is 31.9. The molecule has 0 aliphatic carbocycles. The first-order valence-corrected chi connectivity index (χ1v) is 6.45. The Hall–Kier alpha value is -3.56. The Bertz CT molecular complexity index is 1010. The van der Waals surface area contributed by atoms with Gasteiger partial charge in [-0.1, -0.05) is 0 Å². The third-order valence-corrected chi connectivity index (χ3v) is 2.95. The van der Waals surface area contributed by atoms with Crippen LogP contribution >= 0.6 is 0 Å². The van der Waals surface area contributed by atoms with Crippen LogP contribution in [0.25, 0.3) is 11.2 Å². The van der Waals surface area contributed by atoms with Gasteiger partial charge in [-0.3, -0.25) is 10.1 Å². The summed E-state index contributed by atoms with van der Waals surface area (Å²) < 4.78 is 33.2. The number of hydrogen-bond acceptors (Lipinski definition) is 5. The molecule has 1 aromatic carbocycles. The molecule has 0 aliphatic rings. The van der Waals surface area contributed by atoms with Crippen molar-refractivity contribution < 1.29 is 23.4 Å². The van der Waals surface area contributed by atoms with Gasteiger partial charge in [0, 0.05) is 12.3 Å². The number of H-pyrrole nitrogens is 1. The summed E-state index contributed by atoms with van der Waals surface area (Å²) >= 11 is 0. The molecule has 1 amide bonds. The summed E-state index contributed by atoms with van der Waals surface area (Å²) in [6.45, 7) is 0. The van der Waals surface area contributed by atoms with Crippen molar-refractivity contribution in [2.24, 2.45) is 0 Å². The first-order chi connectivity index (χ1) is 11.5. The summed E-state index contributed by atoms with van der Waals surface area (Å²) in [6.07, 6.45) is 0.757. The number of halogens is 2. The Morgan fingerprint density at radius 1 is 1.17 bits per heavy atom. The summed E-state index contributed by atoms with van der Waals surface area (Å²) in [7, 11) is 0. The van der Waals surface area contributed by atoms with E-state index in [1.54, 1.807) is 5.32 Å². The number of pyridine rings is 1. The average Bonchev–Trinajstić information content (AvgIpc) is 2.54. The van der Waals surface area contributed by atoms with E-state index in [2.05, 4.69) is 15.0 Å². The highest BCUT2D eigenvalue weighted by Crippen LogP contribution is 2.31. The number of fused-ring (bicyclic) bond motifs is 1. The van der Waals surface area contributed by atoms with Crippen molar-refractivity contribution in [2.45, 2.75) is 0 Å². The summed E-state index contributed by atoms with van der Waals surface area (Å²) in [5.41, 5.74) is -0.766. The minimum atomic E-state index is -1.53. The highest BCUT2D eigenvalue weighted by molar-refractivity contribution is 5.83. The number of amides is 1. The van der Waals surface area contributed by atoms with Gasteiger partial charge in [0.1, 0.15) is 5.52 Å². The number of ether oxygens (including phenoxy) is 1. The predicted octanol–water partition coefficient (Wildman–Crippen LogP) is 2.48. The van der Waals surface area contributed by atoms with Gasteiger partial charge in [-0.15, -0.1) is 0 Å². The Balaban J connectivity index is 2.02. The Morgan fingerprint density at radius 2 is 1.96 bits per heavy atom. The minimum Gasteiger partial charge on any atom is -0.465 e. The standard InChI is InChI=1S/C14H8F2N4O4/c15-10-6(19-14(22)23)1-2-7(11(10)16)24-8-3-4-17-13-12(8)18-5-9(21)20-13/h1-5,19H,(H,22,23)(H,17,20,21). The third-order valence-electron chi connectivity index (χ3n) is 2.95. The molecule has 3 aromatic rings. The first kappa shape index (κ1) is 15.3. The van der Waals surface area contributed by atoms with Crippen LogP contribution in [-0.4, -0.2) is 26.2 Å². The second kappa shape index (κ2) is 5.91. The van der Waals surface area contributed by atoms with Crippen molar-refractivity contribution >= 4 is 22.9 Å². The lowest BCUT2D eigenvalue weighted by Gasteiger charge is -2.10. The molecule has 2 aromatic heterocycles. The van der Waals surface area contributed by atoms with Crippen molar-refractivity contribution in [1.82, 2.24) is 15.0 Å². The number of rotatable bonds is 3. The average molecular weight is 334 g/mol. The lowest BCUT2D eigenvalue weighted by Crippen LogP contribution is -2.10. The second-order valence-corrected chi connectivity index (χ2v) is 4.53. The highest BCUT2D eigenvalue weighted by Gasteiger charge is 2.17. The van der Waals surface area contributed by atoms with Gasteiger partial charge >= 0.3 is 6.09 Å². The maximum Gasteiger partial charge on any atom is 0.409 e. The fraction of sp³-hybridized carbons (Fsp3) is 0. The summed E-state index contributed by atoms with van der Waals surface area (Å²) in [5, 5.41) is 10.3. The van der Waals surface area contributed by atoms with E-state index in [1.807, 2.05) is 0 Å². The first-order valence-electron chi connectivity index (χ1n) is 6.45. The van der Waals surface area contributed by atoms with E-state index in [0.29, 0.717) is 0 Å². The Kier molecular flexibility index (Phi) is 3.78. The molecule has 10 heteroatoms. The SMILES string of the molecule is O=C(O)Nc1ccc(Oc2ccnc3[nH]c(=O)cnc23)c(F)c1F. The van der Waals surface area contributed by atoms with E-state index in [0.717, 1.165) is 18.3 Å². The molecular weight excluding hydrogens is 326 g/mol. The van der Waals surface area contributed by atoms with E-state index in [9.17, 15) is 18.4 Å². The predicted molar refractivity (Wildman–Crippen MR) is 78.2 cm³/mol. The summed E-state index contributed by atoms with van der Waals surface area (Å²) in [6, 6.07) is 3.43. The quantitative estimate of drug-likeness (QED) is 0.677. The van der Waals surface area contributed by atoms with Crippen LogP contribution in [0.15, 0.2) is 35.4 Å². The number of hydrogen-bond donors (Lipinski definition) is 3. The van der Waals surface area contributed by atoms with Crippen molar-refractivity contribution in [3.05, 3.63) is 52.6 Å². The van der Waals surface area contributed by atoms with Crippen molar-refractivity contribution in [3.63, 3.8) is 0 Å². The monoisotopic (exact) mass is 334 g/mol. The smallest absolute Gasteiger partial charge is 0.409 e. The number of nitrogens with one attached hydrogen (secondary N) is 2. The van der Waals surface area contributed by atoms with Crippen LogP contribution in [0.2, 0.25) is 0 Å². The Morgan fingerprint density at radius 3 is 2.71 bits per heavy atom. The molecule has 0 fully saturated rings. The van der Waals surface area contributed by atoms with Gasteiger partial charge in [0.05, 0.1) is 11.9 Å². The molecule has 8 nitrogen and oxygen atoms in total. The maximum atomic E-state index is 14.0. The number of nitrogens with zero attached hydrogens (tertiary/aromatic N) is 2. The molecule has 24 heavy (non-hydrogen) atoms. The van der Waals surface area contributed by atoms with Crippen LogP contribution in [0, 0.1) is 11.6 Å². The molecule has 3 rings (SSSR count). The van der Waals surface area contributed by atoms with Crippen LogP contribution in [0.1, 0.15) is 0 Å². The number of aromatic nitrogens is 3. The molecule has 0 aliphatic heterocycles. The van der Waals surface area contributed by atoms with E-state index in [1.165, 1.54) is 12.3 Å². The van der Waals surface area contributed by atoms with Crippen LogP contribution in [0.4, 0.5) is 19.3 Å².